The van der Waals surface area contributed by atoms with E-state index in [1.807, 2.05) is 44.2 Å². The van der Waals surface area contributed by atoms with Crippen molar-refractivity contribution in [3.8, 4) is 0 Å². The van der Waals surface area contributed by atoms with Crippen LogP contribution in [0.1, 0.15) is 38.7 Å². The number of nitrogens with one attached hydrogen (secondary N) is 1. The lowest BCUT2D eigenvalue weighted by atomic mass is 10.0. The molecular weight excluding hydrogens is 346 g/mol. The molecule has 2 atom stereocenters. The fraction of sp³-hybridized carbons (Fsp3) is 0.550. The second-order valence-electron chi connectivity index (χ2n) is 6.80. The van der Waals surface area contributed by atoms with E-state index in [0.717, 1.165) is 5.56 Å². The minimum absolute atomic E-state index is 0.0163. The maximum atomic E-state index is 12.8. The van der Waals surface area contributed by atoms with Crippen molar-refractivity contribution in [2.75, 3.05) is 19.6 Å². The molecule has 2 rings (SSSR count). The number of hydrogen-bond donors (Lipinski definition) is 2. The van der Waals surface area contributed by atoms with Crippen LogP contribution in [0.15, 0.2) is 30.3 Å². The number of piperazine rings is 1. The molecule has 1 fully saturated rings. The van der Waals surface area contributed by atoms with Crippen LogP contribution >= 0.6 is 0 Å². The van der Waals surface area contributed by atoms with E-state index in [1.165, 1.54) is 0 Å². The molecule has 7 nitrogen and oxygen atoms in total. The minimum Gasteiger partial charge on any atom is -0.481 e. The van der Waals surface area contributed by atoms with Gasteiger partial charge < -0.3 is 20.2 Å². The molecule has 0 bridgehead atoms. The molecule has 0 radical (unpaired) electrons. The van der Waals surface area contributed by atoms with Gasteiger partial charge in [-0.15, -0.1) is 0 Å². The van der Waals surface area contributed by atoms with Crippen LogP contribution in [0.5, 0.6) is 0 Å². The summed E-state index contributed by atoms with van der Waals surface area (Å²) in [5.74, 6) is -0.910. The van der Waals surface area contributed by atoms with Crippen LogP contribution in [0.2, 0.25) is 0 Å². The van der Waals surface area contributed by atoms with Crippen LogP contribution in [0.3, 0.4) is 0 Å². The standard InChI is InChI=1S/C20H29N3O4/c1-3-17-19(26)22(4-2)12-13-23(17)20(27)21-16(10-11-18(24)25)14-15-8-6-5-7-9-15/h5-9,16-17H,3-4,10-14H2,1-2H3,(H,21,27)(H,24,25). The summed E-state index contributed by atoms with van der Waals surface area (Å²) in [6.07, 6.45) is 1.44. The van der Waals surface area contributed by atoms with E-state index < -0.39 is 12.0 Å². The number of carboxylic acid groups (broad SMARTS) is 1. The van der Waals surface area contributed by atoms with Crippen LogP contribution in [0.25, 0.3) is 0 Å². The average Bonchev–Trinajstić information content (AvgIpc) is 2.66. The molecular formula is C20H29N3O4. The van der Waals surface area contributed by atoms with Crippen molar-refractivity contribution < 1.29 is 19.5 Å². The number of hydrogen-bond acceptors (Lipinski definition) is 3. The van der Waals surface area contributed by atoms with Crippen molar-refractivity contribution in [3.05, 3.63) is 35.9 Å². The predicted octanol–water partition coefficient (Wildman–Crippen LogP) is 2.11. The Morgan fingerprint density at radius 1 is 1.22 bits per heavy atom. The Bertz CT molecular complexity index is 650. The molecule has 1 aromatic carbocycles. The van der Waals surface area contributed by atoms with Gasteiger partial charge in [-0.2, -0.15) is 0 Å². The topological polar surface area (TPSA) is 90.0 Å². The fourth-order valence-corrected chi connectivity index (χ4v) is 3.47. The monoisotopic (exact) mass is 375 g/mol. The van der Waals surface area contributed by atoms with E-state index >= 15 is 0 Å². The molecule has 1 aliphatic heterocycles. The summed E-state index contributed by atoms with van der Waals surface area (Å²) in [6, 6.07) is 8.61. The van der Waals surface area contributed by atoms with Crippen molar-refractivity contribution >= 4 is 17.9 Å². The first-order valence-corrected chi connectivity index (χ1v) is 9.57. The van der Waals surface area contributed by atoms with Gasteiger partial charge in [-0.1, -0.05) is 37.3 Å². The van der Waals surface area contributed by atoms with Crippen molar-refractivity contribution in [1.29, 1.82) is 0 Å². The zero-order valence-electron chi connectivity index (χ0n) is 16.1. The summed E-state index contributed by atoms with van der Waals surface area (Å²) in [7, 11) is 0. The molecule has 0 spiro atoms. The Morgan fingerprint density at radius 3 is 2.52 bits per heavy atom. The smallest absolute Gasteiger partial charge is 0.318 e. The normalized spacial score (nSPS) is 18.3. The number of urea groups is 1. The molecule has 0 saturated carbocycles. The van der Waals surface area contributed by atoms with E-state index in [4.69, 9.17) is 5.11 Å². The Labute approximate surface area is 160 Å². The molecule has 27 heavy (non-hydrogen) atoms. The number of carbonyl (C=O) groups is 3. The summed E-state index contributed by atoms with van der Waals surface area (Å²) in [5.41, 5.74) is 1.03. The van der Waals surface area contributed by atoms with Crippen molar-refractivity contribution in [3.63, 3.8) is 0 Å². The first-order valence-electron chi connectivity index (χ1n) is 9.57. The summed E-state index contributed by atoms with van der Waals surface area (Å²) >= 11 is 0. The van der Waals surface area contributed by atoms with E-state index in [1.54, 1.807) is 9.80 Å². The maximum Gasteiger partial charge on any atom is 0.318 e. The SMILES string of the molecule is CCC1C(=O)N(CC)CCN1C(=O)NC(CCC(=O)O)Cc1ccccc1. The van der Waals surface area contributed by atoms with E-state index in [9.17, 15) is 14.4 Å². The number of aliphatic carboxylic acids is 1. The zero-order chi connectivity index (χ0) is 19.8. The molecule has 7 heteroatoms. The summed E-state index contributed by atoms with van der Waals surface area (Å²) < 4.78 is 0. The highest BCUT2D eigenvalue weighted by Crippen LogP contribution is 2.16. The minimum atomic E-state index is -0.888. The number of amides is 3. The largest absolute Gasteiger partial charge is 0.481 e. The summed E-state index contributed by atoms with van der Waals surface area (Å²) in [4.78, 5) is 39.7. The number of carboxylic acids is 1. The zero-order valence-corrected chi connectivity index (χ0v) is 16.1. The first-order chi connectivity index (χ1) is 13.0. The molecule has 148 valence electrons. The first kappa shape index (κ1) is 20.7. The summed E-state index contributed by atoms with van der Waals surface area (Å²) in [5, 5.41) is 12.0. The van der Waals surface area contributed by atoms with Gasteiger partial charge in [-0.3, -0.25) is 9.59 Å². The number of benzene rings is 1. The highest BCUT2D eigenvalue weighted by Gasteiger charge is 2.36. The number of likely N-dealkylation sites (N-methyl/N-ethyl adjacent to an activating group) is 1. The van der Waals surface area contributed by atoms with Gasteiger partial charge in [0.2, 0.25) is 5.91 Å². The van der Waals surface area contributed by atoms with Gasteiger partial charge in [0.05, 0.1) is 0 Å². The van der Waals surface area contributed by atoms with Gasteiger partial charge in [0, 0.05) is 32.1 Å². The van der Waals surface area contributed by atoms with Crippen LogP contribution in [0.4, 0.5) is 4.79 Å². The van der Waals surface area contributed by atoms with E-state index in [0.29, 0.717) is 38.9 Å². The molecule has 0 aromatic heterocycles. The highest BCUT2D eigenvalue weighted by atomic mass is 16.4. The van der Waals surface area contributed by atoms with Crippen LogP contribution in [0, 0.1) is 0 Å². The lowest BCUT2D eigenvalue weighted by Gasteiger charge is -2.40. The second-order valence-corrected chi connectivity index (χ2v) is 6.80. The van der Waals surface area contributed by atoms with Crippen LogP contribution in [-0.4, -0.2) is 64.5 Å². The van der Waals surface area contributed by atoms with Gasteiger partial charge in [-0.05, 0) is 31.7 Å². The van der Waals surface area contributed by atoms with Gasteiger partial charge in [0.15, 0.2) is 0 Å². The van der Waals surface area contributed by atoms with Gasteiger partial charge in [0.25, 0.3) is 0 Å². The van der Waals surface area contributed by atoms with Crippen molar-refractivity contribution in [1.82, 2.24) is 15.1 Å². The lowest BCUT2D eigenvalue weighted by Crippen LogP contribution is -2.61. The Balaban J connectivity index is 2.07. The number of carbonyl (C=O) groups excluding carboxylic acids is 2. The summed E-state index contributed by atoms with van der Waals surface area (Å²) in [6.45, 7) is 5.48. The molecule has 3 amide bonds. The molecule has 0 aliphatic carbocycles. The Morgan fingerprint density at radius 2 is 1.93 bits per heavy atom. The molecule has 2 N–H and O–H groups in total. The van der Waals surface area contributed by atoms with Crippen molar-refractivity contribution in [2.24, 2.45) is 0 Å². The van der Waals surface area contributed by atoms with E-state index in [-0.39, 0.29) is 24.4 Å². The lowest BCUT2D eigenvalue weighted by molar-refractivity contribution is -0.139. The second kappa shape index (κ2) is 9.94. The average molecular weight is 375 g/mol. The number of rotatable bonds is 8. The van der Waals surface area contributed by atoms with E-state index in [2.05, 4.69) is 5.32 Å². The molecule has 2 unspecified atom stereocenters. The maximum absolute atomic E-state index is 12.8. The van der Waals surface area contributed by atoms with Crippen molar-refractivity contribution in [2.45, 2.75) is 51.6 Å². The van der Waals surface area contributed by atoms with Gasteiger partial charge >= 0.3 is 12.0 Å². The molecule has 1 aliphatic rings. The van der Waals surface area contributed by atoms with Gasteiger partial charge in [-0.25, -0.2) is 4.79 Å². The third-order valence-electron chi connectivity index (χ3n) is 4.97. The Kier molecular flexibility index (Phi) is 7.64. The molecule has 1 saturated heterocycles. The third-order valence-corrected chi connectivity index (χ3v) is 4.97. The molecule has 1 heterocycles. The van der Waals surface area contributed by atoms with Crippen LogP contribution in [-0.2, 0) is 16.0 Å². The predicted molar refractivity (Wildman–Crippen MR) is 102 cm³/mol. The van der Waals surface area contributed by atoms with Gasteiger partial charge in [0.1, 0.15) is 6.04 Å². The third kappa shape index (κ3) is 5.70. The van der Waals surface area contributed by atoms with Crippen LogP contribution < -0.4 is 5.32 Å². The molecule has 1 aromatic rings. The quantitative estimate of drug-likeness (QED) is 0.728. The fourth-order valence-electron chi connectivity index (χ4n) is 3.47. The Hall–Kier alpha value is -2.57. The highest BCUT2D eigenvalue weighted by molar-refractivity contribution is 5.88. The number of nitrogens with zero attached hydrogens (tertiary/aromatic N) is 2.